The highest BCUT2D eigenvalue weighted by Gasteiger charge is 2.36. The van der Waals surface area contributed by atoms with Crippen molar-refractivity contribution in [2.24, 2.45) is 5.92 Å². The average Bonchev–Trinajstić information content (AvgIpc) is 3.07. The zero-order chi connectivity index (χ0) is 15.4. The number of carbonyl (C=O) groups is 2. The normalized spacial score (nSPS) is 29.5. The first-order valence-corrected chi connectivity index (χ1v) is 7.59. The van der Waals surface area contributed by atoms with Gasteiger partial charge in [0.15, 0.2) is 0 Å². The molecule has 0 aromatic carbocycles. The summed E-state index contributed by atoms with van der Waals surface area (Å²) in [6.07, 6.45) is 2.28. The van der Waals surface area contributed by atoms with Crippen molar-refractivity contribution in [2.75, 3.05) is 39.9 Å². The van der Waals surface area contributed by atoms with Crippen LogP contribution in [-0.4, -0.2) is 78.9 Å². The molecule has 120 valence electrons. The van der Waals surface area contributed by atoms with Crippen molar-refractivity contribution in [3.05, 3.63) is 0 Å². The second-order valence-electron chi connectivity index (χ2n) is 5.84. The van der Waals surface area contributed by atoms with Crippen LogP contribution in [0.25, 0.3) is 0 Å². The number of carbonyl (C=O) groups excluding carboxylic acids is 1. The lowest BCUT2D eigenvalue weighted by Crippen LogP contribution is -2.50. The second kappa shape index (κ2) is 7.09. The summed E-state index contributed by atoms with van der Waals surface area (Å²) in [5.74, 6) is -1.57. The van der Waals surface area contributed by atoms with E-state index in [0.29, 0.717) is 12.6 Å². The molecule has 2 fully saturated rings. The smallest absolute Gasteiger partial charge is 0.317 e. The van der Waals surface area contributed by atoms with E-state index in [1.165, 1.54) is 6.42 Å². The van der Waals surface area contributed by atoms with Crippen LogP contribution >= 0.6 is 0 Å². The summed E-state index contributed by atoms with van der Waals surface area (Å²) in [6, 6.07) is -0.260. The van der Waals surface area contributed by atoms with Crippen LogP contribution in [0.3, 0.4) is 0 Å². The van der Waals surface area contributed by atoms with Crippen LogP contribution in [-0.2, 0) is 9.53 Å². The molecule has 2 aliphatic heterocycles. The van der Waals surface area contributed by atoms with E-state index in [1.807, 2.05) is 0 Å². The van der Waals surface area contributed by atoms with Crippen LogP contribution in [0.2, 0.25) is 0 Å². The van der Waals surface area contributed by atoms with Crippen LogP contribution < -0.4 is 5.32 Å². The molecule has 2 amide bonds. The number of likely N-dealkylation sites (N-methyl/N-ethyl adjacent to an activating group) is 2. The van der Waals surface area contributed by atoms with Gasteiger partial charge in [0.2, 0.25) is 0 Å². The summed E-state index contributed by atoms with van der Waals surface area (Å²) in [6.45, 7) is 5.32. The minimum absolute atomic E-state index is 0.163. The van der Waals surface area contributed by atoms with E-state index < -0.39 is 17.9 Å². The van der Waals surface area contributed by atoms with E-state index in [1.54, 1.807) is 11.9 Å². The van der Waals surface area contributed by atoms with Gasteiger partial charge in [0.1, 0.15) is 5.92 Å². The van der Waals surface area contributed by atoms with Crippen molar-refractivity contribution >= 4 is 12.0 Å². The summed E-state index contributed by atoms with van der Waals surface area (Å²) in [5, 5.41) is 11.9. The Balaban J connectivity index is 1.83. The Morgan fingerprint density at radius 1 is 1.43 bits per heavy atom. The van der Waals surface area contributed by atoms with Crippen LogP contribution in [0.5, 0.6) is 0 Å². The second-order valence-corrected chi connectivity index (χ2v) is 5.84. The minimum Gasteiger partial charge on any atom is -0.481 e. The number of hydrogen-bond acceptors (Lipinski definition) is 4. The summed E-state index contributed by atoms with van der Waals surface area (Å²) in [4.78, 5) is 27.3. The molecule has 0 aliphatic carbocycles. The third-order valence-corrected chi connectivity index (χ3v) is 4.44. The Morgan fingerprint density at radius 3 is 2.86 bits per heavy atom. The molecule has 2 aliphatic rings. The highest BCUT2D eigenvalue weighted by Crippen LogP contribution is 2.18. The van der Waals surface area contributed by atoms with E-state index >= 15 is 0 Å². The summed E-state index contributed by atoms with van der Waals surface area (Å²) in [5.41, 5.74) is 0. The van der Waals surface area contributed by atoms with E-state index in [2.05, 4.69) is 17.1 Å². The average molecular weight is 299 g/mol. The van der Waals surface area contributed by atoms with Crippen molar-refractivity contribution in [2.45, 2.75) is 31.8 Å². The van der Waals surface area contributed by atoms with E-state index in [0.717, 1.165) is 19.5 Å². The van der Waals surface area contributed by atoms with Crippen LogP contribution in [0.15, 0.2) is 0 Å². The fourth-order valence-electron chi connectivity index (χ4n) is 3.13. The molecule has 2 N–H and O–H groups in total. The Bertz CT molecular complexity index is 390. The molecule has 0 spiro atoms. The number of likely N-dealkylation sites (tertiary alicyclic amines) is 1. The molecule has 2 saturated heterocycles. The summed E-state index contributed by atoms with van der Waals surface area (Å²) >= 11 is 0. The quantitative estimate of drug-likeness (QED) is 0.758. The molecule has 3 atom stereocenters. The maximum Gasteiger partial charge on any atom is 0.317 e. The lowest BCUT2D eigenvalue weighted by molar-refractivity contribution is -0.142. The van der Waals surface area contributed by atoms with Gasteiger partial charge in [-0.2, -0.15) is 0 Å². The number of nitrogens with zero attached hydrogens (tertiary/aromatic N) is 2. The number of rotatable bonds is 5. The molecule has 0 radical (unpaired) electrons. The molecule has 0 aromatic heterocycles. The SMILES string of the molecule is CCN1CCCC1CN(C)C(=O)NC1COCC1C(=O)O. The number of nitrogens with one attached hydrogen (secondary N) is 1. The van der Waals surface area contributed by atoms with Gasteiger partial charge in [-0.1, -0.05) is 6.92 Å². The van der Waals surface area contributed by atoms with Gasteiger partial charge in [-0.25, -0.2) is 4.79 Å². The molecule has 21 heavy (non-hydrogen) atoms. The van der Waals surface area contributed by atoms with Gasteiger partial charge in [0.05, 0.1) is 19.3 Å². The van der Waals surface area contributed by atoms with Crippen molar-refractivity contribution in [3.63, 3.8) is 0 Å². The van der Waals surface area contributed by atoms with Crippen LogP contribution in [0.4, 0.5) is 4.79 Å². The largest absolute Gasteiger partial charge is 0.481 e. The van der Waals surface area contributed by atoms with Crippen molar-refractivity contribution in [1.29, 1.82) is 0 Å². The Morgan fingerprint density at radius 2 is 2.19 bits per heavy atom. The zero-order valence-corrected chi connectivity index (χ0v) is 12.7. The molecule has 7 nitrogen and oxygen atoms in total. The third-order valence-electron chi connectivity index (χ3n) is 4.44. The number of hydrogen-bond donors (Lipinski definition) is 2. The number of ether oxygens (including phenoxy) is 1. The first kappa shape index (κ1) is 16.0. The Labute approximate surface area is 125 Å². The zero-order valence-electron chi connectivity index (χ0n) is 12.7. The van der Waals surface area contributed by atoms with E-state index in [9.17, 15) is 9.59 Å². The Kier molecular flexibility index (Phi) is 5.41. The molecule has 0 saturated carbocycles. The molecule has 3 unspecified atom stereocenters. The van der Waals surface area contributed by atoms with E-state index in [-0.39, 0.29) is 19.2 Å². The van der Waals surface area contributed by atoms with Gasteiger partial charge < -0.3 is 20.1 Å². The fourth-order valence-corrected chi connectivity index (χ4v) is 3.13. The molecule has 7 heteroatoms. The third kappa shape index (κ3) is 3.85. The van der Waals surface area contributed by atoms with Crippen LogP contribution in [0, 0.1) is 5.92 Å². The highest BCUT2D eigenvalue weighted by atomic mass is 16.5. The predicted molar refractivity (Wildman–Crippen MR) is 77.2 cm³/mol. The summed E-state index contributed by atoms with van der Waals surface area (Å²) in [7, 11) is 1.76. The number of urea groups is 1. The first-order chi connectivity index (χ1) is 10.0. The van der Waals surface area contributed by atoms with Gasteiger partial charge in [0, 0.05) is 19.6 Å². The summed E-state index contributed by atoms with van der Waals surface area (Å²) < 4.78 is 5.16. The molecule has 2 heterocycles. The predicted octanol–water partition coefficient (Wildman–Crippen LogP) is 0.212. The number of aliphatic carboxylic acids is 1. The molecular formula is C14H25N3O4. The van der Waals surface area contributed by atoms with E-state index in [4.69, 9.17) is 9.84 Å². The van der Waals surface area contributed by atoms with Gasteiger partial charge in [-0.15, -0.1) is 0 Å². The topological polar surface area (TPSA) is 82.1 Å². The molecule has 0 aromatic rings. The Hall–Kier alpha value is -1.34. The monoisotopic (exact) mass is 299 g/mol. The highest BCUT2D eigenvalue weighted by molar-refractivity contribution is 5.77. The number of amides is 2. The lowest BCUT2D eigenvalue weighted by atomic mass is 10.0. The van der Waals surface area contributed by atoms with Gasteiger partial charge in [-0.05, 0) is 25.9 Å². The number of carboxylic acid groups (broad SMARTS) is 1. The maximum atomic E-state index is 12.2. The van der Waals surface area contributed by atoms with Crippen LogP contribution in [0.1, 0.15) is 19.8 Å². The van der Waals surface area contributed by atoms with Crippen molar-refractivity contribution < 1.29 is 19.4 Å². The minimum atomic E-state index is -0.923. The van der Waals surface area contributed by atoms with Gasteiger partial charge in [-0.3, -0.25) is 9.69 Å². The lowest BCUT2D eigenvalue weighted by Gasteiger charge is -2.29. The molecular weight excluding hydrogens is 274 g/mol. The maximum absolute atomic E-state index is 12.2. The van der Waals surface area contributed by atoms with Crippen molar-refractivity contribution in [1.82, 2.24) is 15.1 Å². The standard InChI is InChI=1S/C14H25N3O4/c1-3-17-6-4-5-10(17)7-16(2)14(20)15-12-9-21-8-11(12)13(18)19/h10-12H,3-9H2,1-2H3,(H,15,20)(H,18,19). The van der Waals surface area contributed by atoms with Crippen molar-refractivity contribution in [3.8, 4) is 0 Å². The molecule has 2 rings (SSSR count). The van der Waals surface area contributed by atoms with Gasteiger partial charge in [0.25, 0.3) is 0 Å². The molecule has 0 bridgehead atoms. The number of carboxylic acids is 1. The fraction of sp³-hybridized carbons (Fsp3) is 0.857. The van der Waals surface area contributed by atoms with Gasteiger partial charge >= 0.3 is 12.0 Å². The first-order valence-electron chi connectivity index (χ1n) is 7.59.